The van der Waals surface area contributed by atoms with Crippen molar-refractivity contribution < 1.29 is 56.7 Å². The zero-order chi connectivity index (χ0) is 6.41. The second-order valence-electron chi connectivity index (χ2n) is 1.43. The smallest absolute Gasteiger partial charge is 0.423 e. The fraction of sp³-hybridized carbons (Fsp3) is 0.571. The van der Waals surface area contributed by atoms with E-state index < -0.39 is 6.10 Å². The van der Waals surface area contributed by atoms with Crippen LogP contribution in [0.15, 0.2) is 0 Å². The molecule has 1 N–H and O–H groups in total. The second kappa shape index (κ2) is 22.8. The van der Waals surface area contributed by atoms with Crippen molar-refractivity contribution in [3.8, 4) is 0 Å². The minimum Gasteiger partial charge on any atom is -0.423 e. The summed E-state index contributed by atoms with van der Waals surface area (Å²) >= 11 is 0. The molecule has 5 heteroatoms. The van der Waals surface area contributed by atoms with Crippen molar-refractivity contribution in [2.45, 2.75) is 6.10 Å². The summed E-state index contributed by atoms with van der Waals surface area (Å²) in [5, 5.41) is 8.49. The maximum Gasteiger partial charge on any atom is 2.00 e. The molecule has 0 fully saturated rings. The molecule has 0 amide bonds. The van der Waals surface area contributed by atoms with E-state index in [0.717, 1.165) is 0 Å². The number of aliphatic hydroxyl groups excluding tert-OH is 1. The average molecular weight is 517 g/mol. The van der Waals surface area contributed by atoms with Gasteiger partial charge in [-0.1, -0.05) is 0 Å². The van der Waals surface area contributed by atoms with Gasteiger partial charge in [-0.3, -0.25) is 0 Å². The molecule has 0 saturated carbocycles. The second-order valence-corrected chi connectivity index (χ2v) is 1.43. The Morgan fingerprint density at radius 3 is 2.08 bits per heavy atom. The zero-order valence-electron chi connectivity index (χ0n) is 7.78. The third-order valence-electron chi connectivity index (χ3n) is 0.511. The van der Waals surface area contributed by atoms with Crippen LogP contribution in [-0.4, -0.2) is 31.7 Å². The summed E-state index contributed by atoms with van der Waals surface area (Å²) in [5.74, 6) is 0. The molecular formula is C7H17O3W2-. The Balaban J connectivity index is -0.0000000408. The third-order valence-corrected chi connectivity index (χ3v) is 0.511. The van der Waals surface area contributed by atoms with E-state index in [1.807, 2.05) is 0 Å². The van der Waals surface area contributed by atoms with Gasteiger partial charge in [-0.15, -0.1) is 0 Å². The summed E-state index contributed by atoms with van der Waals surface area (Å²) < 4.78 is 9.24. The minimum absolute atomic E-state index is 0. The molecule has 0 saturated heterocycles. The first-order chi connectivity index (χ1) is 3.77. The number of ether oxygens (including phenoxy) is 2. The molecule has 1 unspecified atom stereocenters. The molecule has 0 heterocycles. The number of methoxy groups -OCH3 is 1. The largest absolute Gasteiger partial charge is 2.00 e. The van der Waals surface area contributed by atoms with Crippen LogP contribution in [0.4, 0.5) is 0 Å². The van der Waals surface area contributed by atoms with Crippen molar-refractivity contribution in [3.05, 3.63) is 21.8 Å². The molecule has 76 valence electrons. The van der Waals surface area contributed by atoms with Gasteiger partial charge in [-0.05, 0) is 6.10 Å². The quantitative estimate of drug-likeness (QED) is 0.340. The molecule has 1 atom stereocenters. The van der Waals surface area contributed by atoms with E-state index in [2.05, 4.69) is 11.7 Å². The van der Waals surface area contributed by atoms with Crippen molar-refractivity contribution in [2.24, 2.45) is 0 Å². The molecule has 3 nitrogen and oxygen atoms in total. The van der Waals surface area contributed by atoms with Crippen LogP contribution in [0, 0.1) is 21.8 Å². The van der Waals surface area contributed by atoms with E-state index in [4.69, 9.17) is 9.84 Å². The van der Waals surface area contributed by atoms with Gasteiger partial charge < -0.3 is 36.4 Å². The molecule has 0 aliphatic heterocycles. The van der Waals surface area contributed by atoms with Crippen LogP contribution in [0.2, 0.25) is 0 Å². The predicted octanol–water partition coefficient (Wildman–Crippen LogP) is 0.697. The molecule has 0 aromatic heterocycles. The molecule has 0 aromatic rings. The molecule has 0 aromatic carbocycles. The fourth-order valence-electron chi connectivity index (χ4n) is 0.267. The van der Waals surface area contributed by atoms with Gasteiger partial charge in [-0.2, -0.15) is 0 Å². The van der Waals surface area contributed by atoms with E-state index in [9.17, 15) is 0 Å². The zero-order valence-corrected chi connectivity index (χ0v) is 13.6. The van der Waals surface area contributed by atoms with Crippen LogP contribution in [0.25, 0.3) is 0 Å². The summed E-state index contributed by atoms with van der Waals surface area (Å²) in [6.07, 6.45) is -0.648. The Labute approximate surface area is 105 Å². The van der Waals surface area contributed by atoms with Crippen molar-refractivity contribution in [3.63, 3.8) is 0 Å². The molecule has 0 aliphatic carbocycles. The van der Waals surface area contributed by atoms with E-state index in [-0.39, 0.29) is 70.4 Å². The molecular weight excluding hydrogens is 500 g/mol. The van der Waals surface area contributed by atoms with Crippen LogP contribution in [0.5, 0.6) is 0 Å². The van der Waals surface area contributed by atoms with E-state index >= 15 is 0 Å². The summed E-state index contributed by atoms with van der Waals surface area (Å²) in [6.45, 7) is 3.73. The van der Waals surface area contributed by atoms with Crippen molar-refractivity contribution in [1.29, 1.82) is 0 Å². The van der Waals surface area contributed by atoms with Gasteiger partial charge in [-0.25, -0.2) is 0 Å². The van der Waals surface area contributed by atoms with Gasteiger partial charge >= 0.3 is 21.1 Å². The van der Waals surface area contributed by atoms with Crippen LogP contribution in [-0.2, 0) is 51.6 Å². The fourth-order valence-corrected chi connectivity index (χ4v) is 0.267. The van der Waals surface area contributed by atoms with Crippen molar-refractivity contribution in [2.75, 3.05) is 20.5 Å². The number of rotatable bonds is 4. The van der Waals surface area contributed by atoms with Gasteiger partial charge in [0.2, 0.25) is 0 Å². The summed E-state index contributed by atoms with van der Waals surface area (Å²) in [7, 11) is 1.52. The van der Waals surface area contributed by atoms with E-state index in [0.29, 0.717) is 0 Å². The monoisotopic (exact) mass is 517 g/mol. The first-order valence-corrected chi connectivity index (χ1v) is 2.35. The van der Waals surface area contributed by atoms with Gasteiger partial charge in [0.15, 0.2) is 0 Å². The minimum atomic E-state index is -0.648. The number of aliphatic hydroxyl groups is 1. The summed E-state index contributed by atoms with van der Waals surface area (Å²) in [6, 6.07) is 0. The Bertz CT molecular complexity index is 53.9. The Morgan fingerprint density at radius 1 is 1.42 bits per heavy atom. The molecule has 0 aliphatic rings. The first-order valence-electron chi connectivity index (χ1n) is 2.35. The van der Waals surface area contributed by atoms with Gasteiger partial charge in [0.05, 0.1) is 0 Å². The topological polar surface area (TPSA) is 38.7 Å². The van der Waals surface area contributed by atoms with Crippen LogP contribution in [0.1, 0.15) is 0 Å². The summed E-state index contributed by atoms with van der Waals surface area (Å²) in [4.78, 5) is 0. The Hall–Kier alpha value is 1.26. The molecule has 0 radical (unpaired) electrons. The van der Waals surface area contributed by atoms with Crippen LogP contribution >= 0.6 is 0 Å². The van der Waals surface area contributed by atoms with E-state index in [1.165, 1.54) is 7.11 Å². The average Bonchev–Trinajstić information content (AvgIpc) is 1.66. The third kappa shape index (κ3) is 30.3. The van der Waals surface area contributed by atoms with Gasteiger partial charge in [0, 0.05) is 34.8 Å². The van der Waals surface area contributed by atoms with E-state index in [1.54, 1.807) is 0 Å². The van der Waals surface area contributed by atoms with Crippen LogP contribution in [0.3, 0.4) is 0 Å². The predicted molar refractivity (Wildman–Crippen MR) is 42.0 cm³/mol. The molecule has 0 bridgehead atoms. The van der Waals surface area contributed by atoms with Crippen molar-refractivity contribution >= 4 is 0 Å². The number of hydrogen-bond donors (Lipinski definition) is 1. The molecule has 12 heavy (non-hydrogen) atoms. The van der Waals surface area contributed by atoms with Gasteiger partial charge in [0.25, 0.3) is 0 Å². The first kappa shape index (κ1) is 29.2. The Morgan fingerprint density at radius 2 is 1.83 bits per heavy atom. The Kier molecular flexibility index (Phi) is 55.5. The summed E-state index contributed by atoms with van der Waals surface area (Å²) in [5.41, 5.74) is 0. The number of hydrogen-bond acceptors (Lipinski definition) is 3. The molecule has 0 spiro atoms. The normalized spacial score (nSPS) is 9.25. The maximum absolute atomic E-state index is 8.49. The van der Waals surface area contributed by atoms with Crippen molar-refractivity contribution in [1.82, 2.24) is 0 Å². The maximum atomic E-state index is 8.49. The SMILES string of the molecule is [CH2-]C(O)COCOC.[CH3-].[CH3-].[W+2].[W]. The van der Waals surface area contributed by atoms with Crippen LogP contribution < -0.4 is 0 Å². The standard InChI is InChI=1S/C5H11O3.2CH3.2W/c1-5(6)3-8-4-7-2;;;;/h5-6H,1,3-4H2,2H3;2*1H3;;/q3*-1;;+2. The van der Waals surface area contributed by atoms with Gasteiger partial charge in [0.1, 0.15) is 6.79 Å². The molecule has 0 rings (SSSR count).